The molecule has 0 aliphatic rings. The van der Waals surface area contributed by atoms with E-state index in [1.807, 2.05) is 0 Å². The average molecular weight is 304 g/mol. The minimum Gasteiger partial charge on any atom is -0.496 e. The quantitative estimate of drug-likeness (QED) is 0.869. The number of methoxy groups -OCH3 is 2. The first-order valence-corrected chi connectivity index (χ1v) is 5.67. The zero-order valence-electron chi connectivity index (χ0n) is 9.57. The molecular formula is C11H14BrNO4. The monoisotopic (exact) mass is 303 g/mol. The number of carboxylic acid groups (broad SMARTS) is 1. The third-order valence-corrected chi connectivity index (χ3v) is 2.92. The van der Waals surface area contributed by atoms with Gasteiger partial charge in [0.1, 0.15) is 11.5 Å². The number of hydrogen-bond donors (Lipinski definition) is 2. The number of aliphatic carboxylic acids is 1. The molecule has 0 heterocycles. The maximum atomic E-state index is 10.6. The summed E-state index contributed by atoms with van der Waals surface area (Å²) in [6.45, 7) is 0. The van der Waals surface area contributed by atoms with Crippen molar-refractivity contribution in [1.29, 1.82) is 0 Å². The Balaban J connectivity index is 3.13. The number of carboxylic acids is 1. The molecule has 0 saturated heterocycles. The van der Waals surface area contributed by atoms with Crippen LogP contribution in [0.1, 0.15) is 18.0 Å². The molecule has 5 nitrogen and oxygen atoms in total. The van der Waals surface area contributed by atoms with Crippen LogP contribution in [0.5, 0.6) is 11.5 Å². The van der Waals surface area contributed by atoms with Crippen molar-refractivity contribution in [3.05, 3.63) is 22.2 Å². The molecule has 1 rings (SSSR count). The largest absolute Gasteiger partial charge is 0.496 e. The van der Waals surface area contributed by atoms with Gasteiger partial charge in [-0.1, -0.05) is 0 Å². The van der Waals surface area contributed by atoms with Gasteiger partial charge in [-0.05, 0) is 22.0 Å². The van der Waals surface area contributed by atoms with E-state index in [9.17, 15) is 4.79 Å². The van der Waals surface area contributed by atoms with Crippen LogP contribution < -0.4 is 15.2 Å². The van der Waals surface area contributed by atoms with Crippen molar-refractivity contribution < 1.29 is 19.4 Å². The maximum Gasteiger partial charge on any atom is 0.305 e. The van der Waals surface area contributed by atoms with Gasteiger partial charge in [-0.2, -0.15) is 0 Å². The molecule has 17 heavy (non-hydrogen) atoms. The van der Waals surface area contributed by atoms with Crippen LogP contribution in [0.4, 0.5) is 0 Å². The third-order valence-electron chi connectivity index (χ3n) is 2.30. The number of rotatable bonds is 5. The van der Waals surface area contributed by atoms with Crippen LogP contribution in [-0.2, 0) is 4.79 Å². The van der Waals surface area contributed by atoms with Gasteiger partial charge in [0.2, 0.25) is 0 Å². The third kappa shape index (κ3) is 3.34. The molecule has 0 bridgehead atoms. The number of ether oxygens (including phenoxy) is 2. The minimum atomic E-state index is -0.952. The smallest absolute Gasteiger partial charge is 0.305 e. The molecule has 1 aromatic rings. The van der Waals surface area contributed by atoms with Crippen molar-refractivity contribution in [1.82, 2.24) is 0 Å². The van der Waals surface area contributed by atoms with E-state index in [0.29, 0.717) is 21.5 Å². The molecule has 1 atom stereocenters. The van der Waals surface area contributed by atoms with Crippen molar-refractivity contribution in [2.75, 3.05) is 14.2 Å². The average Bonchev–Trinajstić information content (AvgIpc) is 2.27. The summed E-state index contributed by atoms with van der Waals surface area (Å²) >= 11 is 3.32. The Morgan fingerprint density at radius 3 is 2.47 bits per heavy atom. The summed E-state index contributed by atoms with van der Waals surface area (Å²) in [7, 11) is 3.04. The Morgan fingerprint density at radius 1 is 1.41 bits per heavy atom. The van der Waals surface area contributed by atoms with Gasteiger partial charge < -0.3 is 20.3 Å². The van der Waals surface area contributed by atoms with Gasteiger partial charge in [-0.15, -0.1) is 0 Å². The van der Waals surface area contributed by atoms with E-state index in [1.165, 1.54) is 14.2 Å². The van der Waals surface area contributed by atoms with E-state index in [2.05, 4.69) is 15.9 Å². The zero-order valence-corrected chi connectivity index (χ0v) is 11.2. The number of carbonyl (C=O) groups is 1. The van der Waals surface area contributed by atoms with Crippen LogP contribution in [0.2, 0.25) is 0 Å². The summed E-state index contributed by atoms with van der Waals surface area (Å²) < 4.78 is 11.0. The highest BCUT2D eigenvalue weighted by Gasteiger charge is 2.17. The van der Waals surface area contributed by atoms with Gasteiger partial charge in [0.05, 0.1) is 25.1 Å². The second kappa shape index (κ2) is 5.88. The summed E-state index contributed by atoms with van der Waals surface area (Å²) in [6, 6.07) is 2.76. The minimum absolute atomic E-state index is 0.158. The van der Waals surface area contributed by atoms with E-state index in [-0.39, 0.29) is 6.42 Å². The SMILES string of the molecule is COc1cc(OC)c([C@H](N)CC(=O)O)cc1Br. The Kier molecular flexibility index (Phi) is 4.77. The number of halogens is 1. The van der Waals surface area contributed by atoms with E-state index in [1.54, 1.807) is 12.1 Å². The van der Waals surface area contributed by atoms with Gasteiger partial charge in [0.15, 0.2) is 0 Å². The highest BCUT2D eigenvalue weighted by molar-refractivity contribution is 9.10. The lowest BCUT2D eigenvalue weighted by Gasteiger charge is -2.16. The molecule has 6 heteroatoms. The van der Waals surface area contributed by atoms with Crippen molar-refractivity contribution in [2.24, 2.45) is 5.73 Å². The summed E-state index contributed by atoms with van der Waals surface area (Å²) in [5.41, 5.74) is 6.44. The van der Waals surface area contributed by atoms with Gasteiger partial charge in [-0.25, -0.2) is 0 Å². The van der Waals surface area contributed by atoms with E-state index < -0.39 is 12.0 Å². The molecule has 3 N–H and O–H groups in total. The number of benzene rings is 1. The highest BCUT2D eigenvalue weighted by Crippen LogP contribution is 2.35. The fourth-order valence-corrected chi connectivity index (χ4v) is 1.99. The highest BCUT2D eigenvalue weighted by atomic mass is 79.9. The molecule has 0 spiro atoms. The Labute approximate surface area is 108 Å². The first-order valence-electron chi connectivity index (χ1n) is 4.88. The van der Waals surface area contributed by atoms with Crippen molar-refractivity contribution in [3.63, 3.8) is 0 Å². The molecule has 0 radical (unpaired) electrons. The molecular weight excluding hydrogens is 290 g/mol. The number of hydrogen-bond acceptors (Lipinski definition) is 4. The summed E-state index contributed by atoms with van der Waals surface area (Å²) in [5, 5.41) is 8.72. The lowest BCUT2D eigenvalue weighted by atomic mass is 10.0. The molecule has 0 aliphatic carbocycles. The lowest BCUT2D eigenvalue weighted by Crippen LogP contribution is -2.16. The molecule has 0 unspecified atom stereocenters. The molecule has 0 aromatic heterocycles. The van der Waals surface area contributed by atoms with Crippen LogP contribution in [0.15, 0.2) is 16.6 Å². The fraction of sp³-hybridized carbons (Fsp3) is 0.364. The van der Waals surface area contributed by atoms with Crippen LogP contribution >= 0.6 is 15.9 Å². The molecule has 0 amide bonds. The molecule has 94 valence electrons. The summed E-state index contributed by atoms with van der Waals surface area (Å²) in [4.78, 5) is 10.6. The fourth-order valence-electron chi connectivity index (χ4n) is 1.47. The Hall–Kier alpha value is -1.27. The van der Waals surface area contributed by atoms with Crippen LogP contribution in [-0.4, -0.2) is 25.3 Å². The predicted octanol–water partition coefficient (Wildman–Crippen LogP) is 1.94. The van der Waals surface area contributed by atoms with Crippen molar-refractivity contribution in [3.8, 4) is 11.5 Å². The summed E-state index contributed by atoms with van der Waals surface area (Å²) in [5.74, 6) is 0.165. The molecule has 0 aliphatic heterocycles. The molecule has 1 aromatic carbocycles. The second-order valence-electron chi connectivity index (χ2n) is 3.43. The van der Waals surface area contributed by atoms with Gasteiger partial charge in [0, 0.05) is 17.7 Å². The lowest BCUT2D eigenvalue weighted by molar-refractivity contribution is -0.137. The Bertz CT molecular complexity index is 422. The van der Waals surface area contributed by atoms with Gasteiger partial charge >= 0.3 is 5.97 Å². The summed E-state index contributed by atoms with van der Waals surface area (Å²) in [6.07, 6.45) is -0.158. The molecule has 0 saturated carbocycles. The Morgan fingerprint density at radius 2 is 2.00 bits per heavy atom. The number of nitrogens with two attached hydrogens (primary N) is 1. The molecule has 0 fully saturated rings. The van der Waals surface area contributed by atoms with Crippen molar-refractivity contribution in [2.45, 2.75) is 12.5 Å². The van der Waals surface area contributed by atoms with E-state index in [0.717, 1.165) is 0 Å². The standard InChI is InChI=1S/C11H14BrNO4/c1-16-9-5-10(17-2)7(12)3-6(9)8(13)4-11(14)15/h3,5,8H,4,13H2,1-2H3,(H,14,15)/t8-/m1/s1. The van der Waals surface area contributed by atoms with Crippen LogP contribution in [0, 0.1) is 0 Å². The predicted molar refractivity (Wildman–Crippen MR) is 66.4 cm³/mol. The van der Waals surface area contributed by atoms with Crippen LogP contribution in [0.25, 0.3) is 0 Å². The van der Waals surface area contributed by atoms with E-state index in [4.69, 9.17) is 20.3 Å². The van der Waals surface area contributed by atoms with E-state index >= 15 is 0 Å². The normalized spacial score (nSPS) is 12.0. The van der Waals surface area contributed by atoms with Gasteiger partial charge in [-0.3, -0.25) is 4.79 Å². The van der Waals surface area contributed by atoms with Crippen LogP contribution in [0.3, 0.4) is 0 Å². The first-order chi connectivity index (χ1) is 7.99. The zero-order chi connectivity index (χ0) is 13.0. The first kappa shape index (κ1) is 13.8. The maximum absolute atomic E-state index is 10.6. The van der Waals surface area contributed by atoms with Gasteiger partial charge in [0.25, 0.3) is 0 Å². The van der Waals surface area contributed by atoms with Crippen molar-refractivity contribution >= 4 is 21.9 Å². The second-order valence-corrected chi connectivity index (χ2v) is 4.29. The topological polar surface area (TPSA) is 81.8 Å².